The molecule has 1 aliphatic rings. The number of nitrogens with zero attached hydrogens (tertiary/aromatic N) is 1. The van der Waals surface area contributed by atoms with E-state index < -0.39 is 0 Å². The van der Waals surface area contributed by atoms with E-state index in [-0.39, 0.29) is 5.78 Å². The van der Waals surface area contributed by atoms with Crippen LogP contribution in [0.4, 0.5) is 5.69 Å². The third kappa shape index (κ3) is 1.54. The van der Waals surface area contributed by atoms with Gasteiger partial charge in [0.15, 0.2) is 5.78 Å². The monoisotopic (exact) mass is 203 g/mol. The Kier molecular flexibility index (Phi) is 2.51. The van der Waals surface area contributed by atoms with Crippen molar-refractivity contribution in [3.8, 4) is 0 Å². The minimum atomic E-state index is 0.166. The van der Waals surface area contributed by atoms with Crippen LogP contribution in [0.1, 0.15) is 42.6 Å². The molecule has 1 aromatic rings. The van der Waals surface area contributed by atoms with E-state index in [1.165, 1.54) is 11.3 Å². The predicted molar refractivity (Wildman–Crippen MR) is 62.7 cm³/mol. The van der Waals surface area contributed by atoms with Crippen LogP contribution in [0.15, 0.2) is 18.2 Å². The molecule has 1 unspecified atom stereocenters. The molecular formula is C13H17NO. The molecule has 2 rings (SSSR count). The van der Waals surface area contributed by atoms with Crippen molar-refractivity contribution in [1.82, 2.24) is 0 Å². The number of likely N-dealkylation sites (N-methyl/N-ethyl adjacent to an activating group) is 1. The first-order chi connectivity index (χ1) is 7.15. The second kappa shape index (κ2) is 3.69. The molecule has 15 heavy (non-hydrogen) atoms. The molecule has 0 bridgehead atoms. The minimum absolute atomic E-state index is 0.166. The smallest absolute Gasteiger partial charge is 0.161 e. The Morgan fingerprint density at radius 3 is 2.87 bits per heavy atom. The van der Waals surface area contributed by atoms with Crippen LogP contribution in [-0.2, 0) is 0 Å². The molecule has 0 saturated heterocycles. The van der Waals surface area contributed by atoms with Crippen LogP contribution in [0, 0.1) is 0 Å². The molecule has 2 heteroatoms. The summed E-state index contributed by atoms with van der Waals surface area (Å²) in [7, 11) is 0. The van der Waals surface area contributed by atoms with Crippen LogP contribution in [0.3, 0.4) is 0 Å². The fourth-order valence-electron chi connectivity index (χ4n) is 2.40. The maximum Gasteiger partial charge on any atom is 0.161 e. The van der Waals surface area contributed by atoms with Crippen molar-refractivity contribution in [1.29, 1.82) is 0 Å². The van der Waals surface area contributed by atoms with Gasteiger partial charge in [-0.15, -0.1) is 0 Å². The highest BCUT2D eigenvalue weighted by Gasteiger charge is 2.27. The Morgan fingerprint density at radius 1 is 1.53 bits per heavy atom. The molecule has 0 amide bonds. The van der Waals surface area contributed by atoms with Gasteiger partial charge in [0.05, 0.1) is 5.69 Å². The lowest BCUT2D eigenvalue weighted by atomic mass is 9.99. The lowest BCUT2D eigenvalue weighted by molar-refractivity contribution is 0.101. The van der Waals surface area contributed by atoms with E-state index in [4.69, 9.17) is 0 Å². The van der Waals surface area contributed by atoms with Crippen molar-refractivity contribution in [2.75, 3.05) is 18.0 Å². The van der Waals surface area contributed by atoms with Crippen molar-refractivity contribution in [2.45, 2.75) is 26.7 Å². The topological polar surface area (TPSA) is 20.3 Å². The fraction of sp³-hybridized carbons (Fsp3) is 0.462. The minimum Gasteiger partial charge on any atom is -0.370 e. The molecule has 0 N–H and O–H groups in total. The summed E-state index contributed by atoms with van der Waals surface area (Å²) >= 11 is 0. The maximum absolute atomic E-state index is 11.5. The van der Waals surface area contributed by atoms with E-state index in [0.717, 1.165) is 18.7 Å². The average molecular weight is 203 g/mol. The van der Waals surface area contributed by atoms with Gasteiger partial charge >= 0.3 is 0 Å². The third-order valence-electron chi connectivity index (χ3n) is 3.17. The van der Waals surface area contributed by atoms with E-state index in [0.29, 0.717) is 5.92 Å². The zero-order valence-corrected chi connectivity index (χ0v) is 9.58. The normalized spacial score (nSPS) is 19.1. The molecule has 1 aromatic carbocycles. The first-order valence-electron chi connectivity index (χ1n) is 5.54. The highest BCUT2D eigenvalue weighted by molar-refractivity contribution is 6.01. The molecule has 1 atom stereocenters. The second-order valence-electron chi connectivity index (χ2n) is 4.24. The number of hydrogen-bond donors (Lipinski definition) is 0. The summed E-state index contributed by atoms with van der Waals surface area (Å²) in [6.45, 7) is 8.02. The number of para-hydroxylation sites is 1. The summed E-state index contributed by atoms with van der Waals surface area (Å²) in [5, 5.41) is 0. The summed E-state index contributed by atoms with van der Waals surface area (Å²) in [6.07, 6.45) is 0. The molecule has 0 spiro atoms. The van der Waals surface area contributed by atoms with Crippen LogP contribution >= 0.6 is 0 Å². The van der Waals surface area contributed by atoms with Gasteiger partial charge in [0.2, 0.25) is 0 Å². The Labute approximate surface area is 90.9 Å². The van der Waals surface area contributed by atoms with Crippen LogP contribution in [0.5, 0.6) is 0 Å². The number of carbonyl (C=O) groups excluding carboxylic acids is 1. The van der Waals surface area contributed by atoms with Gasteiger partial charge in [-0.3, -0.25) is 4.79 Å². The zero-order chi connectivity index (χ0) is 11.0. The molecule has 1 heterocycles. The van der Waals surface area contributed by atoms with Crippen molar-refractivity contribution < 1.29 is 4.79 Å². The number of Topliss-reactive ketones (excluding diaryl/α,β-unsaturated/α-hetero) is 1. The van der Waals surface area contributed by atoms with Crippen LogP contribution in [-0.4, -0.2) is 18.9 Å². The van der Waals surface area contributed by atoms with Crippen molar-refractivity contribution in [2.24, 2.45) is 0 Å². The van der Waals surface area contributed by atoms with Crippen LogP contribution < -0.4 is 4.90 Å². The summed E-state index contributed by atoms with van der Waals surface area (Å²) in [6, 6.07) is 6.06. The van der Waals surface area contributed by atoms with Gasteiger partial charge in [0.1, 0.15) is 0 Å². The lowest BCUT2D eigenvalue weighted by Crippen LogP contribution is -2.21. The highest BCUT2D eigenvalue weighted by Crippen LogP contribution is 2.38. The SMILES string of the molecule is CCN1CC(C)c2cccc(C(C)=O)c21. The van der Waals surface area contributed by atoms with Crippen molar-refractivity contribution >= 4 is 11.5 Å². The second-order valence-corrected chi connectivity index (χ2v) is 4.24. The molecule has 0 saturated carbocycles. The van der Waals surface area contributed by atoms with Gasteiger partial charge in [-0.05, 0) is 25.5 Å². The zero-order valence-electron chi connectivity index (χ0n) is 9.58. The van der Waals surface area contributed by atoms with E-state index >= 15 is 0 Å². The number of anilines is 1. The Bertz CT molecular complexity index is 398. The molecule has 0 fully saturated rings. The largest absolute Gasteiger partial charge is 0.370 e. The van der Waals surface area contributed by atoms with Gasteiger partial charge in [0, 0.05) is 24.6 Å². The predicted octanol–water partition coefficient (Wildman–Crippen LogP) is 2.83. The molecule has 0 aliphatic carbocycles. The van der Waals surface area contributed by atoms with E-state index in [1.54, 1.807) is 6.92 Å². The number of ketones is 1. The van der Waals surface area contributed by atoms with Gasteiger partial charge in [0.25, 0.3) is 0 Å². The van der Waals surface area contributed by atoms with Crippen LogP contribution in [0.2, 0.25) is 0 Å². The number of fused-ring (bicyclic) bond motifs is 1. The van der Waals surface area contributed by atoms with Crippen LogP contribution in [0.25, 0.3) is 0 Å². The first kappa shape index (κ1) is 10.2. The standard InChI is InChI=1S/C13H17NO/c1-4-14-8-9(2)11-6-5-7-12(10(3)15)13(11)14/h5-7,9H,4,8H2,1-3H3. The Morgan fingerprint density at radius 2 is 2.27 bits per heavy atom. The van der Waals surface area contributed by atoms with Crippen molar-refractivity contribution in [3.63, 3.8) is 0 Å². The molecule has 1 aliphatic heterocycles. The van der Waals surface area contributed by atoms with Crippen molar-refractivity contribution in [3.05, 3.63) is 29.3 Å². The van der Waals surface area contributed by atoms with Gasteiger partial charge in [-0.25, -0.2) is 0 Å². The number of hydrogen-bond acceptors (Lipinski definition) is 2. The molecule has 0 aromatic heterocycles. The number of benzene rings is 1. The van der Waals surface area contributed by atoms with E-state index in [9.17, 15) is 4.79 Å². The quantitative estimate of drug-likeness (QED) is 0.689. The van der Waals surface area contributed by atoms with Gasteiger partial charge in [-0.1, -0.05) is 19.1 Å². The molecule has 2 nitrogen and oxygen atoms in total. The average Bonchev–Trinajstić information content (AvgIpc) is 2.55. The fourth-order valence-corrected chi connectivity index (χ4v) is 2.40. The summed E-state index contributed by atoms with van der Waals surface area (Å²) < 4.78 is 0. The van der Waals surface area contributed by atoms with Gasteiger partial charge < -0.3 is 4.90 Å². The third-order valence-corrected chi connectivity index (χ3v) is 3.17. The lowest BCUT2D eigenvalue weighted by Gasteiger charge is -2.19. The maximum atomic E-state index is 11.5. The molecule has 80 valence electrons. The Hall–Kier alpha value is -1.31. The summed E-state index contributed by atoms with van der Waals surface area (Å²) in [5.41, 5.74) is 3.36. The molecular weight excluding hydrogens is 186 g/mol. The number of carbonyl (C=O) groups is 1. The first-order valence-corrected chi connectivity index (χ1v) is 5.54. The summed E-state index contributed by atoms with van der Waals surface area (Å²) in [4.78, 5) is 13.8. The highest BCUT2D eigenvalue weighted by atomic mass is 16.1. The Balaban J connectivity index is 2.58. The molecule has 0 radical (unpaired) electrons. The van der Waals surface area contributed by atoms with E-state index in [1.807, 2.05) is 12.1 Å². The summed E-state index contributed by atoms with van der Waals surface area (Å²) in [5.74, 6) is 0.707. The van der Waals surface area contributed by atoms with E-state index in [2.05, 4.69) is 24.8 Å². The van der Waals surface area contributed by atoms with Gasteiger partial charge in [-0.2, -0.15) is 0 Å². The number of rotatable bonds is 2.